The Bertz CT molecular complexity index is 164. The molecule has 0 rings (SSSR count). The van der Waals surface area contributed by atoms with Crippen molar-refractivity contribution >= 4 is 5.78 Å². The van der Waals surface area contributed by atoms with E-state index in [0.29, 0.717) is 0 Å². The monoisotopic (exact) mass is 138 g/mol. The number of ketones is 1. The molecule has 1 heteroatoms. The van der Waals surface area contributed by atoms with Gasteiger partial charge in [-0.15, -0.1) is 0 Å². The summed E-state index contributed by atoms with van der Waals surface area (Å²) in [6.07, 6.45) is 6.57. The fraction of sp³-hybridized carbons (Fsp3) is 0.444. The van der Waals surface area contributed by atoms with Gasteiger partial charge in [0.05, 0.1) is 0 Å². The molecule has 56 valence electrons. The van der Waals surface area contributed by atoms with E-state index in [2.05, 4.69) is 0 Å². The molecule has 0 atom stereocenters. The van der Waals surface area contributed by atoms with E-state index in [-0.39, 0.29) is 5.78 Å². The minimum absolute atomic E-state index is 0.139. The van der Waals surface area contributed by atoms with Crippen molar-refractivity contribution < 1.29 is 4.79 Å². The van der Waals surface area contributed by atoms with Gasteiger partial charge in [-0.05, 0) is 20.3 Å². The van der Waals surface area contributed by atoms with Crippen LogP contribution in [-0.4, -0.2) is 5.78 Å². The summed E-state index contributed by atoms with van der Waals surface area (Å²) in [5.74, 6) is 0.139. The Morgan fingerprint density at radius 2 is 2.10 bits per heavy atom. The van der Waals surface area contributed by atoms with E-state index in [1.54, 1.807) is 6.92 Å². The first-order chi connectivity index (χ1) is 4.72. The van der Waals surface area contributed by atoms with E-state index in [4.69, 9.17) is 0 Å². The molecule has 0 aromatic rings. The summed E-state index contributed by atoms with van der Waals surface area (Å²) in [4.78, 5) is 10.8. The normalized spacial score (nSPS) is 12.5. The maximum atomic E-state index is 10.8. The second kappa shape index (κ2) is 4.98. The molecule has 0 aliphatic carbocycles. The highest BCUT2D eigenvalue weighted by Gasteiger charge is 1.95. The molecule has 0 aliphatic heterocycles. The fourth-order valence-electron chi connectivity index (χ4n) is 0.729. The van der Waals surface area contributed by atoms with E-state index >= 15 is 0 Å². The molecule has 0 aliphatic rings. The first kappa shape index (κ1) is 9.15. The van der Waals surface area contributed by atoms with E-state index in [9.17, 15) is 4.79 Å². The summed E-state index contributed by atoms with van der Waals surface area (Å²) in [6, 6.07) is 0. The first-order valence-corrected chi connectivity index (χ1v) is 3.56. The van der Waals surface area contributed by atoms with Gasteiger partial charge in [-0.1, -0.05) is 25.2 Å². The zero-order valence-corrected chi connectivity index (χ0v) is 6.85. The molecule has 0 amide bonds. The van der Waals surface area contributed by atoms with Crippen molar-refractivity contribution in [3.05, 3.63) is 23.8 Å². The van der Waals surface area contributed by atoms with Crippen LogP contribution in [0.25, 0.3) is 0 Å². The summed E-state index contributed by atoms with van der Waals surface area (Å²) >= 11 is 0. The molecule has 0 saturated heterocycles. The van der Waals surface area contributed by atoms with E-state index in [1.165, 1.54) is 0 Å². The van der Waals surface area contributed by atoms with Crippen LogP contribution < -0.4 is 0 Å². The Labute approximate surface area is 62.4 Å². The smallest absolute Gasteiger partial charge is 0.159 e. The van der Waals surface area contributed by atoms with Crippen molar-refractivity contribution in [3.63, 3.8) is 0 Å². The third-order valence-electron chi connectivity index (χ3n) is 1.18. The van der Waals surface area contributed by atoms with Crippen molar-refractivity contribution in [2.45, 2.75) is 27.2 Å². The Morgan fingerprint density at radius 1 is 1.50 bits per heavy atom. The van der Waals surface area contributed by atoms with Gasteiger partial charge in [0.25, 0.3) is 0 Å². The number of carbonyl (C=O) groups excluding carboxylic acids is 1. The third-order valence-corrected chi connectivity index (χ3v) is 1.18. The Hall–Kier alpha value is -0.850. The summed E-state index contributed by atoms with van der Waals surface area (Å²) < 4.78 is 0. The predicted molar refractivity (Wildman–Crippen MR) is 43.9 cm³/mol. The lowest BCUT2D eigenvalue weighted by atomic mass is 10.1. The highest BCUT2D eigenvalue weighted by Crippen LogP contribution is 1.99. The maximum absolute atomic E-state index is 10.8. The van der Waals surface area contributed by atoms with Crippen LogP contribution in [0.15, 0.2) is 23.8 Å². The van der Waals surface area contributed by atoms with Gasteiger partial charge in [0.2, 0.25) is 0 Å². The molecule has 0 aromatic heterocycles. The molecule has 0 saturated carbocycles. The lowest BCUT2D eigenvalue weighted by Gasteiger charge is -1.92. The van der Waals surface area contributed by atoms with Crippen molar-refractivity contribution in [3.8, 4) is 0 Å². The van der Waals surface area contributed by atoms with Gasteiger partial charge in [-0.3, -0.25) is 4.79 Å². The highest BCUT2D eigenvalue weighted by atomic mass is 16.1. The second-order valence-corrected chi connectivity index (χ2v) is 2.12. The lowest BCUT2D eigenvalue weighted by Crippen LogP contribution is -1.91. The predicted octanol–water partition coefficient (Wildman–Crippen LogP) is 2.49. The van der Waals surface area contributed by atoms with Gasteiger partial charge in [-0.2, -0.15) is 0 Å². The highest BCUT2D eigenvalue weighted by molar-refractivity contribution is 5.95. The number of allylic oxidation sites excluding steroid dienone is 4. The van der Waals surface area contributed by atoms with E-state index < -0.39 is 0 Å². The van der Waals surface area contributed by atoms with Gasteiger partial charge in [0.1, 0.15) is 0 Å². The van der Waals surface area contributed by atoms with Gasteiger partial charge in [-0.25, -0.2) is 0 Å². The SMILES string of the molecule is C/C=C\C(=C/CC)C(C)=O. The molecule has 0 heterocycles. The largest absolute Gasteiger partial charge is 0.295 e. The molecular weight excluding hydrogens is 124 g/mol. The lowest BCUT2D eigenvalue weighted by molar-refractivity contribution is -0.113. The molecule has 0 N–H and O–H groups in total. The molecule has 0 spiro atoms. The standard InChI is InChI=1S/C9H14O/c1-4-6-9(7-5-2)8(3)10/h4,6-7H,5H2,1-3H3/b6-4-,9-7+. The summed E-state index contributed by atoms with van der Waals surface area (Å²) in [5, 5.41) is 0. The van der Waals surface area contributed by atoms with Crippen LogP contribution in [0.4, 0.5) is 0 Å². The Kier molecular flexibility index (Phi) is 4.55. The zero-order valence-electron chi connectivity index (χ0n) is 6.85. The van der Waals surface area contributed by atoms with Crippen LogP contribution in [0.2, 0.25) is 0 Å². The molecule has 0 fully saturated rings. The van der Waals surface area contributed by atoms with E-state index in [1.807, 2.05) is 32.1 Å². The number of carbonyl (C=O) groups is 1. The average molecular weight is 138 g/mol. The topological polar surface area (TPSA) is 17.1 Å². The molecule has 0 bridgehead atoms. The number of hydrogen-bond donors (Lipinski definition) is 0. The number of Topliss-reactive ketones (excluding diaryl/α,β-unsaturated/α-hetero) is 1. The van der Waals surface area contributed by atoms with Crippen LogP contribution in [0.3, 0.4) is 0 Å². The van der Waals surface area contributed by atoms with Crippen LogP contribution in [0, 0.1) is 0 Å². The molecular formula is C9H14O. The first-order valence-electron chi connectivity index (χ1n) is 3.56. The minimum atomic E-state index is 0.139. The van der Waals surface area contributed by atoms with Crippen molar-refractivity contribution in [1.82, 2.24) is 0 Å². The summed E-state index contributed by atoms with van der Waals surface area (Å²) in [6.45, 7) is 5.51. The average Bonchev–Trinajstić information content (AvgIpc) is 1.87. The van der Waals surface area contributed by atoms with Crippen LogP contribution in [0.5, 0.6) is 0 Å². The molecule has 1 nitrogen and oxygen atoms in total. The van der Waals surface area contributed by atoms with Gasteiger partial charge in [0, 0.05) is 5.57 Å². The van der Waals surface area contributed by atoms with Gasteiger partial charge < -0.3 is 0 Å². The second-order valence-electron chi connectivity index (χ2n) is 2.12. The Balaban J connectivity index is 4.26. The Morgan fingerprint density at radius 3 is 2.40 bits per heavy atom. The molecule has 0 radical (unpaired) electrons. The van der Waals surface area contributed by atoms with Crippen molar-refractivity contribution in [2.24, 2.45) is 0 Å². The van der Waals surface area contributed by atoms with Gasteiger partial charge >= 0.3 is 0 Å². The molecule has 0 unspecified atom stereocenters. The number of rotatable bonds is 3. The van der Waals surface area contributed by atoms with E-state index in [0.717, 1.165) is 12.0 Å². The minimum Gasteiger partial charge on any atom is -0.295 e. The third kappa shape index (κ3) is 3.23. The van der Waals surface area contributed by atoms with Crippen LogP contribution >= 0.6 is 0 Å². The summed E-state index contributed by atoms with van der Waals surface area (Å²) in [5.41, 5.74) is 0.810. The fourth-order valence-corrected chi connectivity index (χ4v) is 0.729. The van der Waals surface area contributed by atoms with Crippen molar-refractivity contribution in [2.75, 3.05) is 0 Å². The quantitative estimate of drug-likeness (QED) is 0.432. The molecule has 0 aromatic carbocycles. The number of hydrogen-bond acceptors (Lipinski definition) is 1. The van der Waals surface area contributed by atoms with Gasteiger partial charge in [0.15, 0.2) is 5.78 Å². The summed E-state index contributed by atoms with van der Waals surface area (Å²) in [7, 11) is 0. The van der Waals surface area contributed by atoms with Crippen molar-refractivity contribution in [1.29, 1.82) is 0 Å². The molecule has 10 heavy (non-hydrogen) atoms. The van der Waals surface area contributed by atoms with Crippen LogP contribution in [0.1, 0.15) is 27.2 Å². The zero-order chi connectivity index (χ0) is 7.98. The maximum Gasteiger partial charge on any atom is 0.159 e. The van der Waals surface area contributed by atoms with Crippen LogP contribution in [-0.2, 0) is 4.79 Å².